The summed E-state index contributed by atoms with van der Waals surface area (Å²) in [6, 6.07) is 0. The molecule has 1 heterocycles. The van der Waals surface area contributed by atoms with E-state index < -0.39 is 5.79 Å². The van der Waals surface area contributed by atoms with Crippen LogP contribution in [0.2, 0.25) is 0 Å². The van der Waals surface area contributed by atoms with E-state index in [1.54, 1.807) is 0 Å². The molecular weight excluding hydrogens is 550 g/mol. The Balaban J connectivity index is 2.15. The summed E-state index contributed by atoms with van der Waals surface area (Å²) in [5, 5.41) is 0. The molecule has 0 aromatic rings. The number of nitrogens with two attached hydrogens (primary N) is 1. The van der Waals surface area contributed by atoms with E-state index in [2.05, 4.69) is 76.3 Å². The van der Waals surface area contributed by atoms with Crippen molar-refractivity contribution in [3.8, 4) is 0 Å². The monoisotopic (exact) mass is 628 g/mol. The molecule has 1 fully saturated rings. The first kappa shape index (κ1) is 41.9. The lowest BCUT2D eigenvalue weighted by Crippen LogP contribution is -2.47. The average Bonchev–Trinajstić information content (AvgIpc) is 3.46. The summed E-state index contributed by atoms with van der Waals surface area (Å²) in [5.41, 5.74) is 6.06. The van der Waals surface area contributed by atoms with Gasteiger partial charge in [0.1, 0.15) is 6.10 Å². The highest BCUT2D eigenvalue weighted by molar-refractivity contribution is 4.94. The summed E-state index contributed by atoms with van der Waals surface area (Å²) >= 11 is 0. The fourth-order valence-corrected chi connectivity index (χ4v) is 6.07. The molecule has 0 radical (unpaired) electrons. The van der Waals surface area contributed by atoms with E-state index in [0.717, 1.165) is 25.7 Å². The van der Waals surface area contributed by atoms with Crippen LogP contribution < -0.4 is 5.73 Å². The second-order valence-corrected chi connectivity index (χ2v) is 14.3. The van der Waals surface area contributed by atoms with Crippen molar-refractivity contribution in [1.29, 1.82) is 0 Å². The molecule has 45 heavy (non-hydrogen) atoms. The topological polar surface area (TPSA) is 44.5 Å². The van der Waals surface area contributed by atoms with E-state index >= 15 is 0 Å². The third kappa shape index (κ3) is 24.6. The molecule has 1 aliphatic rings. The number of hydrogen-bond acceptors (Lipinski definition) is 3. The number of ether oxygens (including phenoxy) is 2. The highest BCUT2D eigenvalue weighted by Crippen LogP contribution is 2.37. The quantitative estimate of drug-likeness (QED) is 0.0614. The first-order valence-corrected chi connectivity index (χ1v) is 19.6. The van der Waals surface area contributed by atoms with Crippen LogP contribution in [0.1, 0.15) is 195 Å². The zero-order valence-electron chi connectivity index (χ0n) is 30.7. The fraction of sp³-hybridized carbons (Fsp3) is 0.810. The summed E-state index contributed by atoms with van der Waals surface area (Å²) in [4.78, 5) is 0. The van der Waals surface area contributed by atoms with Gasteiger partial charge in [0.15, 0.2) is 5.79 Å². The Bertz CT molecular complexity index is 711. The molecule has 0 spiro atoms. The lowest BCUT2D eigenvalue weighted by Gasteiger charge is -2.31. The van der Waals surface area contributed by atoms with E-state index in [9.17, 15) is 0 Å². The van der Waals surface area contributed by atoms with Crippen molar-refractivity contribution in [3.63, 3.8) is 0 Å². The van der Waals surface area contributed by atoms with Crippen LogP contribution in [0.3, 0.4) is 0 Å². The van der Waals surface area contributed by atoms with Crippen LogP contribution >= 0.6 is 0 Å². The molecule has 1 aliphatic heterocycles. The van der Waals surface area contributed by atoms with Crippen LogP contribution in [0.25, 0.3) is 0 Å². The molecule has 0 saturated carbocycles. The molecule has 0 amide bonds. The summed E-state index contributed by atoms with van der Waals surface area (Å²) in [6.07, 6.45) is 51.4. The van der Waals surface area contributed by atoms with Crippen molar-refractivity contribution in [1.82, 2.24) is 0 Å². The number of allylic oxidation sites excluding steroid dienone is 8. The van der Waals surface area contributed by atoms with Crippen molar-refractivity contribution in [2.75, 3.05) is 6.61 Å². The number of unbranched alkanes of at least 4 members (excludes halogenated alkanes) is 18. The van der Waals surface area contributed by atoms with Gasteiger partial charge in [-0.1, -0.05) is 140 Å². The van der Waals surface area contributed by atoms with Gasteiger partial charge in [0.25, 0.3) is 0 Å². The van der Waals surface area contributed by atoms with Crippen LogP contribution in [0, 0.1) is 0 Å². The molecular formula is C42H77NO2. The van der Waals surface area contributed by atoms with Gasteiger partial charge in [-0.3, -0.25) is 0 Å². The minimum atomic E-state index is -0.411. The van der Waals surface area contributed by atoms with Gasteiger partial charge in [0.05, 0.1) is 6.61 Å². The van der Waals surface area contributed by atoms with Gasteiger partial charge >= 0.3 is 0 Å². The van der Waals surface area contributed by atoms with Crippen LogP contribution in [0.5, 0.6) is 0 Å². The summed E-state index contributed by atoms with van der Waals surface area (Å²) in [7, 11) is 0. The van der Waals surface area contributed by atoms with Crippen LogP contribution in [0.4, 0.5) is 0 Å². The molecule has 0 bridgehead atoms. The minimum Gasteiger partial charge on any atom is -0.347 e. The van der Waals surface area contributed by atoms with E-state index in [1.165, 1.54) is 141 Å². The second-order valence-electron chi connectivity index (χ2n) is 14.3. The third-order valence-corrected chi connectivity index (χ3v) is 9.20. The Morgan fingerprint density at radius 1 is 0.533 bits per heavy atom. The van der Waals surface area contributed by atoms with Gasteiger partial charge in [0, 0.05) is 18.4 Å². The largest absolute Gasteiger partial charge is 0.347 e. The van der Waals surface area contributed by atoms with Crippen molar-refractivity contribution in [2.24, 2.45) is 5.73 Å². The lowest BCUT2D eigenvalue weighted by molar-refractivity contribution is -0.184. The maximum atomic E-state index is 6.59. The Hall–Kier alpha value is -1.16. The molecule has 1 rings (SSSR count). The van der Waals surface area contributed by atoms with Gasteiger partial charge in [-0.25, -0.2) is 0 Å². The summed E-state index contributed by atoms with van der Waals surface area (Å²) < 4.78 is 13.0. The third-order valence-electron chi connectivity index (χ3n) is 9.20. The lowest BCUT2D eigenvalue weighted by atomic mass is 9.97. The van der Waals surface area contributed by atoms with Crippen LogP contribution in [-0.2, 0) is 9.47 Å². The molecule has 0 aliphatic carbocycles. The molecule has 1 saturated heterocycles. The fourth-order valence-electron chi connectivity index (χ4n) is 6.07. The smallest absolute Gasteiger partial charge is 0.168 e. The predicted molar refractivity (Wildman–Crippen MR) is 200 cm³/mol. The minimum absolute atomic E-state index is 0.00768. The van der Waals surface area contributed by atoms with E-state index in [4.69, 9.17) is 15.2 Å². The molecule has 0 aromatic carbocycles. The maximum absolute atomic E-state index is 6.59. The second kappa shape index (κ2) is 29.0. The van der Waals surface area contributed by atoms with E-state index in [-0.39, 0.29) is 11.6 Å². The van der Waals surface area contributed by atoms with Gasteiger partial charge in [-0.2, -0.15) is 0 Å². The Kier molecular flexibility index (Phi) is 27.0. The van der Waals surface area contributed by atoms with E-state index in [0.29, 0.717) is 6.61 Å². The Morgan fingerprint density at radius 2 is 0.889 bits per heavy atom. The predicted octanol–water partition coefficient (Wildman–Crippen LogP) is 13.2. The van der Waals surface area contributed by atoms with Gasteiger partial charge < -0.3 is 15.2 Å². The van der Waals surface area contributed by atoms with Gasteiger partial charge in [-0.05, 0) is 90.9 Å². The average molecular weight is 628 g/mol. The van der Waals surface area contributed by atoms with Crippen molar-refractivity contribution < 1.29 is 9.47 Å². The molecule has 1 unspecified atom stereocenters. The SMILES string of the molecule is CCCCC/C=C\C/C=C\CCCCCCCCC1(CCCCCCCC/C=C\C/C=C\CCCCC)OCC(C(C)(C)N)O1. The number of rotatable bonds is 31. The standard InChI is InChI=1S/C42H77NO2/c1-5-7-9-11-13-15-17-19-21-23-25-27-29-31-33-35-37-42(44-39-40(45-42)41(3,4)43)38-36-34-32-30-28-26-24-22-20-18-16-14-12-10-8-6-2/h13-16,19-22,40H,5-12,17-18,23-39,43H2,1-4H3/b15-13-,16-14-,21-19-,22-20-. The zero-order chi connectivity index (χ0) is 32.7. The molecule has 1 atom stereocenters. The van der Waals surface area contributed by atoms with Crippen molar-refractivity contribution in [3.05, 3.63) is 48.6 Å². The Morgan fingerprint density at radius 3 is 1.24 bits per heavy atom. The van der Waals surface area contributed by atoms with Crippen LogP contribution in [-0.4, -0.2) is 24.0 Å². The first-order valence-electron chi connectivity index (χ1n) is 19.6. The highest BCUT2D eigenvalue weighted by atomic mass is 16.7. The highest BCUT2D eigenvalue weighted by Gasteiger charge is 2.44. The molecule has 2 N–H and O–H groups in total. The Labute approximate surface area is 282 Å². The van der Waals surface area contributed by atoms with Gasteiger partial charge in [0.2, 0.25) is 0 Å². The summed E-state index contributed by atoms with van der Waals surface area (Å²) in [5.74, 6) is -0.411. The molecule has 262 valence electrons. The van der Waals surface area contributed by atoms with Crippen LogP contribution in [0.15, 0.2) is 48.6 Å². The molecule has 0 aromatic heterocycles. The first-order chi connectivity index (χ1) is 21.9. The van der Waals surface area contributed by atoms with Gasteiger partial charge in [-0.15, -0.1) is 0 Å². The molecule has 3 heteroatoms. The van der Waals surface area contributed by atoms with E-state index in [1.807, 2.05) is 0 Å². The molecule has 3 nitrogen and oxygen atoms in total. The van der Waals surface area contributed by atoms with Crippen molar-refractivity contribution in [2.45, 2.75) is 212 Å². The summed E-state index contributed by atoms with van der Waals surface area (Å²) in [6.45, 7) is 9.30. The van der Waals surface area contributed by atoms with Crippen molar-refractivity contribution >= 4 is 0 Å². The normalized spacial score (nSPS) is 17.3. The maximum Gasteiger partial charge on any atom is 0.168 e. The zero-order valence-corrected chi connectivity index (χ0v) is 30.7. The number of hydrogen-bond donors (Lipinski definition) is 1.